The second kappa shape index (κ2) is 7.45. The molecule has 0 aliphatic heterocycles. The molecule has 4 rings (SSSR count). The molecule has 28 heavy (non-hydrogen) atoms. The van der Waals surface area contributed by atoms with Gasteiger partial charge in [-0.15, -0.1) is 0 Å². The number of hydrogen-bond acceptors (Lipinski definition) is 5. The molecule has 0 unspecified atom stereocenters. The van der Waals surface area contributed by atoms with Gasteiger partial charge < -0.3 is 10.1 Å². The molecule has 0 aromatic carbocycles. The third-order valence-electron chi connectivity index (χ3n) is 5.05. The normalized spacial score (nSPS) is 19.8. The molecule has 1 N–H and O–H groups in total. The van der Waals surface area contributed by atoms with Gasteiger partial charge in [0.2, 0.25) is 0 Å². The number of nitrogens with zero attached hydrogens (tertiary/aromatic N) is 5. The number of carbonyl (C=O) groups excluding carboxylic acids is 2. The first-order valence-corrected chi connectivity index (χ1v) is 8.99. The van der Waals surface area contributed by atoms with Gasteiger partial charge in [0.15, 0.2) is 11.3 Å². The molecule has 0 spiro atoms. The monoisotopic (exact) mass is 388 g/mol. The van der Waals surface area contributed by atoms with Crippen LogP contribution in [0.2, 0.25) is 0 Å². The molecule has 3 aromatic rings. The van der Waals surface area contributed by atoms with Crippen molar-refractivity contribution in [2.45, 2.75) is 38.2 Å². The third-order valence-corrected chi connectivity index (χ3v) is 5.05. The fourth-order valence-electron chi connectivity index (χ4n) is 3.53. The summed E-state index contributed by atoms with van der Waals surface area (Å²) in [7, 11) is 0. The quantitative estimate of drug-likeness (QED) is 0.678. The molecule has 10 heteroatoms. The second-order valence-electron chi connectivity index (χ2n) is 6.81. The predicted molar refractivity (Wildman–Crippen MR) is 95.2 cm³/mol. The van der Waals surface area contributed by atoms with E-state index in [1.807, 2.05) is 0 Å². The number of hydrogen-bond donors (Lipinski definition) is 1. The first-order valence-electron chi connectivity index (χ1n) is 8.99. The van der Waals surface area contributed by atoms with Gasteiger partial charge in [-0.25, -0.2) is 18.3 Å². The van der Waals surface area contributed by atoms with E-state index in [4.69, 9.17) is 0 Å². The first kappa shape index (κ1) is 18.2. The zero-order valence-electron chi connectivity index (χ0n) is 14.8. The van der Waals surface area contributed by atoms with E-state index in [0.717, 1.165) is 6.29 Å². The van der Waals surface area contributed by atoms with E-state index in [0.29, 0.717) is 31.3 Å². The Morgan fingerprint density at radius 2 is 2.07 bits per heavy atom. The molecule has 0 bridgehead atoms. The van der Waals surface area contributed by atoms with Crippen molar-refractivity contribution in [2.24, 2.45) is 5.92 Å². The van der Waals surface area contributed by atoms with Crippen LogP contribution >= 0.6 is 0 Å². The third kappa shape index (κ3) is 3.37. The minimum absolute atomic E-state index is 0.0173. The molecular formula is C18H18F2N6O2. The van der Waals surface area contributed by atoms with E-state index < -0.39 is 18.0 Å². The van der Waals surface area contributed by atoms with E-state index >= 15 is 0 Å². The number of amides is 1. The van der Waals surface area contributed by atoms with Gasteiger partial charge in [-0.3, -0.25) is 9.48 Å². The van der Waals surface area contributed by atoms with Gasteiger partial charge >= 0.3 is 0 Å². The highest BCUT2D eigenvalue weighted by Crippen LogP contribution is 2.34. The maximum atomic E-state index is 13.5. The number of rotatable bonds is 5. The van der Waals surface area contributed by atoms with Gasteiger partial charge in [0, 0.05) is 24.5 Å². The fraction of sp³-hybridized carbons (Fsp3) is 0.389. The smallest absolute Gasteiger partial charge is 0.284 e. The summed E-state index contributed by atoms with van der Waals surface area (Å²) in [5, 5.41) is 10.6. The van der Waals surface area contributed by atoms with E-state index in [2.05, 4.69) is 20.5 Å². The minimum atomic E-state index is -2.83. The lowest BCUT2D eigenvalue weighted by Gasteiger charge is -2.25. The van der Waals surface area contributed by atoms with Crippen LogP contribution in [0, 0.1) is 5.92 Å². The lowest BCUT2D eigenvalue weighted by Crippen LogP contribution is -2.19. The van der Waals surface area contributed by atoms with Gasteiger partial charge in [0.25, 0.3) is 12.3 Å². The molecule has 1 fully saturated rings. The van der Waals surface area contributed by atoms with Crippen molar-refractivity contribution >= 4 is 23.5 Å². The lowest BCUT2D eigenvalue weighted by molar-refractivity contribution is -0.112. The van der Waals surface area contributed by atoms with Crippen molar-refractivity contribution in [3.63, 3.8) is 0 Å². The van der Waals surface area contributed by atoms with Gasteiger partial charge in [-0.1, -0.05) is 0 Å². The van der Waals surface area contributed by atoms with Gasteiger partial charge in [0.05, 0.1) is 17.9 Å². The van der Waals surface area contributed by atoms with Gasteiger partial charge in [0.1, 0.15) is 11.8 Å². The zero-order chi connectivity index (χ0) is 19.7. The van der Waals surface area contributed by atoms with Crippen LogP contribution in [0.5, 0.6) is 0 Å². The lowest BCUT2D eigenvalue weighted by atomic mass is 9.87. The highest BCUT2D eigenvalue weighted by atomic mass is 19.3. The molecule has 1 saturated carbocycles. The fourth-order valence-corrected chi connectivity index (χ4v) is 3.53. The van der Waals surface area contributed by atoms with Crippen molar-refractivity contribution in [1.82, 2.24) is 24.4 Å². The Morgan fingerprint density at radius 3 is 2.79 bits per heavy atom. The van der Waals surface area contributed by atoms with E-state index in [1.165, 1.54) is 27.8 Å². The minimum Gasteiger partial charge on any atom is -0.319 e. The molecule has 8 nitrogen and oxygen atoms in total. The first-order chi connectivity index (χ1) is 13.6. The zero-order valence-corrected chi connectivity index (χ0v) is 14.8. The van der Waals surface area contributed by atoms with Crippen molar-refractivity contribution in [3.8, 4) is 0 Å². The highest BCUT2D eigenvalue weighted by molar-refractivity contribution is 6.08. The molecule has 0 atom stereocenters. The Hall–Kier alpha value is -3.17. The van der Waals surface area contributed by atoms with Crippen molar-refractivity contribution in [2.75, 3.05) is 5.32 Å². The summed E-state index contributed by atoms with van der Waals surface area (Å²) < 4.78 is 29.8. The van der Waals surface area contributed by atoms with Crippen LogP contribution in [0.25, 0.3) is 5.65 Å². The summed E-state index contributed by atoms with van der Waals surface area (Å²) in [5.41, 5.74) is 0.00122. The second-order valence-corrected chi connectivity index (χ2v) is 6.81. The summed E-state index contributed by atoms with van der Waals surface area (Å²) in [6.07, 6.45) is 6.81. The molecule has 3 heterocycles. The number of halogens is 2. The van der Waals surface area contributed by atoms with Crippen LogP contribution in [-0.2, 0) is 4.79 Å². The summed E-state index contributed by atoms with van der Waals surface area (Å²) >= 11 is 0. The molecule has 146 valence electrons. The number of aromatic nitrogens is 5. The van der Waals surface area contributed by atoms with Crippen LogP contribution in [0.15, 0.2) is 30.9 Å². The molecule has 3 aromatic heterocycles. The van der Waals surface area contributed by atoms with E-state index in [1.54, 1.807) is 12.3 Å². The number of carbonyl (C=O) groups is 2. The molecule has 1 aliphatic carbocycles. The standard InChI is InChI=1S/C18H18F2N6O2/c19-16(20)15-14(9-26(24-15)12-4-2-11(10-27)3-5-12)23-18(28)13-8-22-25-7-1-6-21-17(13)25/h1,6-12,16H,2-5H2,(H,23,28)/t11-,12-. The number of alkyl halides is 2. The van der Waals surface area contributed by atoms with E-state index in [-0.39, 0.29) is 23.2 Å². The van der Waals surface area contributed by atoms with Crippen LogP contribution in [-0.4, -0.2) is 36.6 Å². The SMILES string of the molecule is O=C[C@H]1CC[C@H](n2cc(NC(=O)c3cnn4cccnc34)c(C(F)F)n2)CC1. The predicted octanol–water partition coefficient (Wildman–Crippen LogP) is 3.05. The average molecular weight is 388 g/mol. The summed E-state index contributed by atoms with van der Waals surface area (Å²) in [6.45, 7) is 0. The number of aldehydes is 1. The average Bonchev–Trinajstić information content (AvgIpc) is 3.32. The topological polar surface area (TPSA) is 94.2 Å². The Bertz CT molecular complexity index is 1010. The Labute approximate surface area is 158 Å². The van der Waals surface area contributed by atoms with Crippen molar-refractivity contribution < 1.29 is 18.4 Å². The largest absolute Gasteiger partial charge is 0.319 e. The maximum Gasteiger partial charge on any atom is 0.284 e. The van der Waals surface area contributed by atoms with Crippen LogP contribution in [0.4, 0.5) is 14.5 Å². The maximum absolute atomic E-state index is 13.5. The molecular weight excluding hydrogens is 370 g/mol. The molecule has 1 amide bonds. The van der Waals surface area contributed by atoms with Gasteiger partial charge in [-0.05, 0) is 31.7 Å². The molecule has 1 aliphatic rings. The summed E-state index contributed by atoms with van der Waals surface area (Å²) in [4.78, 5) is 27.6. The highest BCUT2D eigenvalue weighted by Gasteiger charge is 2.27. The van der Waals surface area contributed by atoms with Crippen molar-refractivity contribution in [3.05, 3.63) is 42.1 Å². The Kier molecular flexibility index (Phi) is 4.84. The Morgan fingerprint density at radius 1 is 1.29 bits per heavy atom. The van der Waals surface area contributed by atoms with Crippen LogP contribution < -0.4 is 5.32 Å². The Balaban J connectivity index is 1.58. The number of fused-ring (bicyclic) bond motifs is 1. The van der Waals surface area contributed by atoms with Crippen LogP contribution in [0.1, 0.15) is 54.2 Å². The van der Waals surface area contributed by atoms with Gasteiger partial charge in [-0.2, -0.15) is 10.2 Å². The summed E-state index contributed by atoms with van der Waals surface area (Å²) in [5.74, 6) is -0.566. The molecule has 0 saturated heterocycles. The van der Waals surface area contributed by atoms with Crippen molar-refractivity contribution in [1.29, 1.82) is 0 Å². The summed E-state index contributed by atoms with van der Waals surface area (Å²) in [6, 6.07) is 1.60. The number of nitrogens with one attached hydrogen (secondary N) is 1. The molecule has 0 radical (unpaired) electrons. The van der Waals surface area contributed by atoms with E-state index in [9.17, 15) is 18.4 Å². The van der Waals surface area contributed by atoms with Crippen LogP contribution in [0.3, 0.4) is 0 Å². The number of anilines is 1.